The second kappa shape index (κ2) is 4.45. The molecule has 0 saturated heterocycles. The zero-order chi connectivity index (χ0) is 12.6. The first kappa shape index (κ1) is 13.7. The summed E-state index contributed by atoms with van der Waals surface area (Å²) < 4.78 is 6.30. The van der Waals surface area contributed by atoms with Gasteiger partial charge in [-0.1, -0.05) is 33.8 Å². The van der Waals surface area contributed by atoms with Crippen molar-refractivity contribution in [2.75, 3.05) is 0 Å². The van der Waals surface area contributed by atoms with Crippen LogP contribution in [0.4, 0.5) is 0 Å². The third-order valence-electron chi connectivity index (χ3n) is 3.79. The van der Waals surface area contributed by atoms with Crippen LogP contribution in [0.1, 0.15) is 34.1 Å². The van der Waals surface area contributed by atoms with Crippen molar-refractivity contribution in [3.05, 3.63) is 12.2 Å². The molecule has 0 saturated carbocycles. The first-order chi connectivity index (χ1) is 7.13. The minimum atomic E-state index is -1.72. The quantitative estimate of drug-likeness (QED) is 0.690. The zero-order valence-corrected chi connectivity index (χ0v) is 12.3. The van der Waals surface area contributed by atoms with Crippen molar-refractivity contribution in [3.8, 4) is 0 Å². The van der Waals surface area contributed by atoms with Gasteiger partial charge < -0.3 is 4.43 Å². The van der Waals surface area contributed by atoms with Gasteiger partial charge in [-0.15, -0.1) is 0 Å². The molecular formula is C13H24O2Si. The Morgan fingerprint density at radius 1 is 1.38 bits per heavy atom. The molecule has 0 radical (unpaired) electrons. The molecule has 0 aromatic carbocycles. The van der Waals surface area contributed by atoms with E-state index in [2.05, 4.69) is 40.8 Å². The molecule has 92 valence electrons. The van der Waals surface area contributed by atoms with Gasteiger partial charge in [0.15, 0.2) is 14.1 Å². The number of rotatable bonds is 2. The van der Waals surface area contributed by atoms with Gasteiger partial charge in [-0.25, -0.2) is 0 Å². The van der Waals surface area contributed by atoms with Crippen molar-refractivity contribution >= 4 is 14.1 Å². The molecule has 0 N–H and O–H groups in total. The van der Waals surface area contributed by atoms with E-state index in [9.17, 15) is 4.79 Å². The normalized spacial score (nSPS) is 27.2. The topological polar surface area (TPSA) is 26.3 Å². The van der Waals surface area contributed by atoms with Gasteiger partial charge >= 0.3 is 0 Å². The molecule has 0 heterocycles. The van der Waals surface area contributed by atoms with Crippen LogP contribution in [-0.4, -0.2) is 20.2 Å². The summed E-state index contributed by atoms with van der Waals surface area (Å²) in [6, 6.07) is 0. The van der Waals surface area contributed by atoms with Crippen LogP contribution < -0.4 is 0 Å². The van der Waals surface area contributed by atoms with Crippen LogP contribution in [0.15, 0.2) is 12.2 Å². The van der Waals surface area contributed by atoms with Crippen LogP contribution in [0.3, 0.4) is 0 Å². The van der Waals surface area contributed by atoms with Gasteiger partial charge in [-0.05, 0) is 30.1 Å². The number of ketones is 1. The monoisotopic (exact) mass is 240 g/mol. The van der Waals surface area contributed by atoms with Crippen molar-refractivity contribution in [1.29, 1.82) is 0 Å². The van der Waals surface area contributed by atoms with E-state index in [4.69, 9.17) is 4.43 Å². The maximum atomic E-state index is 11.3. The molecule has 0 unspecified atom stereocenters. The van der Waals surface area contributed by atoms with E-state index in [0.29, 0.717) is 12.3 Å². The van der Waals surface area contributed by atoms with Crippen molar-refractivity contribution in [3.63, 3.8) is 0 Å². The maximum Gasteiger partial charge on any atom is 0.192 e. The third-order valence-corrected chi connectivity index (χ3v) is 8.27. The lowest BCUT2D eigenvalue weighted by molar-refractivity contribution is -0.116. The lowest BCUT2D eigenvalue weighted by atomic mass is 9.93. The van der Waals surface area contributed by atoms with Crippen LogP contribution in [0.25, 0.3) is 0 Å². The van der Waals surface area contributed by atoms with Gasteiger partial charge in [0.1, 0.15) is 0 Å². The highest BCUT2D eigenvalue weighted by atomic mass is 28.4. The lowest BCUT2D eigenvalue weighted by Gasteiger charge is -2.40. The number of hydrogen-bond acceptors (Lipinski definition) is 2. The van der Waals surface area contributed by atoms with Crippen LogP contribution in [-0.2, 0) is 9.22 Å². The summed E-state index contributed by atoms with van der Waals surface area (Å²) in [4.78, 5) is 11.3. The Hall–Kier alpha value is -0.413. The largest absolute Gasteiger partial charge is 0.410 e. The molecule has 0 aromatic heterocycles. The fourth-order valence-electron chi connectivity index (χ4n) is 1.57. The first-order valence-corrected chi connectivity index (χ1v) is 8.93. The Balaban J connectivity index is 2.75. The second-order valence-electron chi connectivity index (χ2n) is 6.35. The van der Waals surface area contributed by atoms with Crippen molar-refractivity contribution in [2.45, 2.75) is 58.4 Å². The average molecular weight is 240 g/mol. The minimum absolute atomic E-state index is 0.124. The molecule has 1 rings (SSSR count). The number of carbonyl (C=O) groups is 1. The molecule has 3 heteroatoms. The maximum absolute atomic E-state index is 11.3. The second-order valence-corrected chi connectivity index (χ2v) is 11.1. The summed E-state index contributed by atoms with van der Waals surface area (Å²) in [5, 5.41) is 0.224. The van der Waals surface area contributed by atoms with Crippen molar-refractivity contribution in [1.82, 2.24) is 0 Å². The predicted molar refractivity (Wildman–Crippen MR) is 70.0 cm³/mol. The molecule has 0 spiro atoms. The SMILES string of the molecule is C[C@@H]1CC(=O)C=C[C@H]1O[Si](C)(C)C(C)(C)C. The highest BCUT2D eigenvalue weighted by Crippen LogP contribution is 2.38. The molecule has 16 heavy (non-hydrogen) atoms. The van der Waals surface area contributed by atoms with Crippen molar-refractivity contribution < 1.29 is 9.22 Å². The van der Waals surface area contributed by atoms with Gasteiger partial charge in [0.2, 0.25) is 0 Å². The van der Waals surface area contributed by atoms with E-state index >= 15 is 0 Å². The highest BCUT2D eigenvalue weighted by Gasteiger charge is 2.40. The molecule has 2 atom stereocenters. The molecule has 1 aliphatic rings. The van der Waals surface area contributed by atoms with Gasteiger partial charge in [0, 0.05) is 6.42 Å². The Labute approximate surface area is 100 Å². The van der Waals surface area contributed by atoms with Gasteiger partial charge in [-0.3, -0.25) is 4.79 Å². The first-order valence-electron chi connectivity index (χ1n) is 6.02. The number of hydrogen-bond donors (Lipinski definition) is 0. The lowest BCUT2D eigenvalue weighted by Crippen LogP contribution is -2.45. The predicted octanol–water partition coefficient (Wildman–Crippen LogP) is 3.54. The number of carbonyl (C=O) groups excluding carboxylic acids is 1. The Morgan fingerprint density at radius 3 is 2.38 bits per heavy atom. The molecule has 0 bridgehead atoms. The summed E-state index contributed by atoms with van der Waals surface area (Å²) in [7, 11) is -1.72. The molecule has 0 fully saturated rings. The van der Waals surface area contributed by atoms with Gasteiger partial charge in [-0.2, -0.15) is 0 Å². The van der Waals surface area contributed by atoms with Gasteiger partial charge in [0.25, 0.3) is 0 Å². The summed E-state index contributed by atoms with van der Waals surface area (Å²) in [6.07, 6.45) is 4.36. The average Bonchev–Trinajstić information content (AvgIpc) is 2.08. The van der Waals surface area contributed by atoms with E-state index in [1.807, 2.05) is 6.08 Å². The Morgan fingerprint density at radius 2 is 1.94 bits per heavy atom. The van der Waals surface area contributed by atoms with Crippen LogP contribution in [0.2, 0.25) is 18.1 Å². The fraction of sp³-hybridized carbons (Fsp3) is 0.769. The van der Waals surface area contributed by atoms with E-state index in [0.717, 1.165) is 0 Å². The van der Waals surface area contributed by atoms with E-state index in [-0.39, 0.29) is 16.9 Å². The standard InChI is InChI=1S/C13H24O2Si/c1-10-9-11(14)7-8-12(10)15-16(5,6)13(2,3)4/h7-8,10,12H,9H2,1-6H3/t10-,12-/m1/s1. The minimum Gasteiger partial charge on any atom is -0.410 e. The number of allylic oxidation sites excluding steroid dienone is 1. The molecular weight excluding hydrogens is 216 g/mol. The summed E-state index contributed by atoms with van der Waals surface area (Å²) in [5.74, 6) is 0.536. The zero-order valence-electron chi connectivity index (χ0n) is 11.3. The van der Waals surface area contributed by atoms with E-state index in [1.54, 1.807) is 6.08 Å². The highest BCUT2D eigenvalue weighted by molar-refractivity contribution is 6.74. The molecule has 1 aliphatic carbocycles. The smallest absolute Gasteiger partial charge is 0.192 e. The molecule has 2 nitrogen and oxygen atoms in total. The molecule has 0 aromatic rings. The van der Waals surface area contributed by atoms with E-state index < -0.39 is 8.32 Å². The summed E-state index contributed by atoms with van der Waals surface area (Å²) in [5.41, 5.74) is 0. The van der Waals surface area contributed by atoms with Gasteiger partial charge in [0.05, 0.1) is 6.10 Å². The summed E-state index contributed by atoms with van der Waals surface area (Å²) >= 11 is 0. The fourth-order valence-corrected chi connectivity index (χ4v) is 2.91. The van der Waals surface area contributed by atoms with Crippen molar-refractivity contribution in [2.24, 2.45) is 5.92 Å². The van der Waals surface area contributed by atoms with Crippen LogP contribution in [0.5, 0.6) is 0 Å². The van der Waals surface area contributed by atoms with Crippen LogP contribution in [0, 0.1) is 5.92 Å². The molecule has 0 aliphatic heterocycles. The Bertz CT molecular complexity index is 300. The Kier molecular flexibility index (Phi) is 3.80. The molecule has 0 amide bonds. The van der Waals surface area contributed by atoms with Crippen LogP contribution >= 0.6 is 0 Å². The summed E-state index contributed by atoms with van der Waals surface area (Å²) in [6.45, 7) is 13.3. The third kappa shape index (κ3) is 3.05. The van der Waals surface area contributed by atoms with E-state index in [1.165, 1.54) is 0 Å².